The monoisotopic (exact) mass is 470 g/mol. The highest BCUT2D eigenvalue weighted by atomic mass is 32.2. The highest BCUT2D eigenvalue weighted by molar-refractivity contribution is 7.87. The molecule has 0 aliphatic heterocycles. The van der Waals surface area contributed by atoms with Crippen molar-refractivity contribution in [1.29, 1.82) is 0 Å². The van der Waals surface area contributed by atoms with Crippen molar-refractivity contribution in [1.82, 2.24) is 0 Å². The predicted octanol–water partition coefficient (Wildman–Crippen LogP) is 4.72. The maximum absolute atomic E-state index is 12.2. The number of halogens is 9. The number of alkyl halides is 9. The molecule has 166 valence electrons. The summed E-state index contributed by atoms with van der Waals surface area (Å²) in [5.74, 6) is -13.7. The number of para-hydroxylation sites is 1. The summed E-state index contributed by atoms with van der Waals surface area (Å²) >= 11 is 0. The minimum absolute atomic E-state index is 0. The average Bonchev–Trinajstić information content (AvgIpc) is 2.45. The van der Waals surface area contributed by atoms with E-state index in [1.54, 1.807) is 7.11 Å². The van der Waals surface area contributed by atoms with Gasteiger partial charge >= 0.3 is 33.4 Å². The maximum Gasteiger partial charge on any atom is 0.460 e. The lowest BCUT2D eigenvalue weighted by Gasteiger charge is -2.31. The number of ether oxygens (including phenoxy) is 1. The lowest BCUT2D eigenvalue weighted by Crippen LogP contribution is -2.63. The molecule has 0 atom stereocenters. The first kappa shape index (κ1) is 28.9. The van der Waals surface area contributed by atoms with Crippen LogP contribution in [0.3, 0.4) is 0 Å². The topological polar surface area (TPSA) is 63.6 Å². The third kappa shape index (κ3) is 5.37. The van der Waals surface area contributed by atoms with Gasteiger partial charge < -0.3 is 4.74 Å². The molecule has 4 nitrogen and oxygen atoms in total. The molecule has 0 aliphatic carbocycles. The van der Waals surface area contributed by atoms with Gasteiger partial charge in [0.1, 0.15) is 5.75 Å². The second-order valence-electron chi connectivity index (χ2n) is 5.06. The van der Waals surface area contributed by atoms with Crippen molar-refractivity contribution >= 4 is 23.6 Å². The van der Waals surface area contributed by atoms with E-state index in [2.05, 4.69) is 0 Å². The quantitative estimate of drug-likeness (QED) is 0.511. The van der Waals surface area contributed by atoms with Crippen molar-refractivity contribution in [3.8, 4) is 5.75 Å². The lowest BCUT2D eigenvalue weighted by molar-refractivity contribution is -0.382. The molecule has 0 spiro atoms. The fourth-order valence-electron chi connectivity index (χ4n) is 1.64. The van der Waals surface area contributed by atoms with Gasteiger partial charge in [-0.25, -0.2) is 0 Å². The van der Waals surface area contributed by atoms with Crippen LogP contribution in [0, 0.1) is 13.8 Å². The van der Waals surface area contributed by atoms with E-state index in [1.165, 1.54) is 11.1 Å². The Morgan fingerprint density at radius 2 is 1.21 bits per heavy atom. The van der Waals surface area contributed by atoms with Crippen molar-refractivity contribution < 1.29 is 57.2 Å². The first-order valence-corrected chi connectivity index (χ1v) is 7.97. The summed E-state index contributed by atoms with van der Waals surface area (Å²) in [6.45, 7) is 4.09. The SMILES string of the molecule is COc1c(C)cccc1C.O=S(=O)(O)C(F)(F)C(F)(F)C(F)(F)C(F)(F)F.S. The molecule has 0 bridgehead atoms. The van der Waals surface area contributed by atoms with Gasteiger partial charge in [-0.3, -0.25) is 4.55 Å². The van der Waals surface area contributed by atoms with Crippen LogP contribution in [0.4, 0.5) is 39.5 Å². The van der Waals surface area contributed by atoms with Crippen LogP contribution >= 0.6 is 13.5 Å². The van der Waals surface area contributed by atoms with Gasteiger partial charge in [0.2, 0.25) is 0 Å². The van der Waals surface area contributed by atoms with E-state index in [1.807, 2.05) is 32.0 Å². The highest BCUT2D eigenvalue weighted by Gasteiger charge is 2.85. The van der Waals surface area contributed by atoms with E-state index in [0.29, 0.717) is 0 Å². The van der Waals surface area contributed by atoms with Gasteiger partial charge in [-0.15, -0.1) is 0 Å². The largest absolute Gasteiger partial charge is 0.496 e. The van der Waals surface area contributed by atoms with Gasteiger partial charge in [-0.05, 0) is 25.0 Å². The third-order valence-corrected chi connectivity index (χ3v) is 3.96. The predicted molar refractivity (Wildman–Crippen MR) is 85.3 cm³/mol. The number of hydrogen-bond donors (Lipinski definition) is 1. The van der Waals surface area contributed by atoms with Gasteiger partial charge in [0.15, 0.2) is 0 Å². The number of methoxy groups -OCH3 is 1. The van der Waals surface area contributed by atoms with E-state index in [-0.39, 0.29) is 13.5 Å². The molecule has 0 radical (unpaired) electrons. The number of aryl methyl sites for hydroxylation is 2. The van der Waals surface area contributed by atoms with Crippen molar-refractivity contribution in [3.63, 3.8) is 0 Å². The molecular formula is C13H15F9O4S2. The molecule has 0 aliphatic rings. The molecule has 15 heteroatoms. The molecule has 0 saturated heterocycles. The Morgan fingerprint density at radius 1 is 0.857 bits per heavy atom. The standard InChI is InChI=1S/C9H12O.C4HF9O3S.H2S/c1-7-5-4-6-8(2)9(7)10-3;5-1(6,3(9,10)11)2(7,8)4(12,13)17(14,15)16;/h4-6H,1-3H3;(H,14,15,16);1H2. The summed E-state index contributed by atoms with van der Waals surface area (Å²) in [5.41, 5.74) is 2.39. The summed E-state index contributed by atoms with van der Waals surface area (Å²) in [7, 11) is -5.46. The average molecular weight is 470 g/mol. The summed E-state index contributed by atoms with van der Waals surface area (Å²) in [6.07, 6.45) is -7.13. The van der Waals surface area contributed by atoms with Crippen molar-refractivity contribution in [2.75, 3.05) is 7.11 Å². The maximum atomic E-state index is 12.2. The molecule has 0 aromatic heterocycles. The first-order valence-electron chi connectivity index (χ1n) is 6.53. The number of hydrogen-bond acceptors (Lipinski definition) is 3. The summed E-state index contributed by atoms with van der Waals surface area (Å²) in [6, 6.07) is 6.13. The van der Waals surface area contributed by atoms with Gasteiger partial charge in [0, 0.05) is 0 Å². The van der Waals surface area contributed by atoms with Crippen molar-refractivity contribution in [2.45, 2.75) is 37.1 Å². The van der Waals surface area contributed by atoms with Crippen LogP contribution in [0.15, 0.2) is 18.2 Å². The normalized spacial score (nSPS) is 13.2. The number of rotatable bonds is 4. The smallest absolute Gasteiger partial charge is 0.460 e. The van der Waals surface area contributed by atoms with Crippen LogP contribution in [0.2, 0.25) is 0 Å². The Morgan fingerprint density at radius 3 is 1.43 bits per heavy atom. The summed E-state index contributed by atoms with van der Waals surface area (Å²) < 4.78 is 139. The minimum Gasteiger partial charge on any atom is -0.496 e. The second-order valence-corrected chi connectivity index (χ2v) is 6.53. The van der Waals surface area contributed by atoms with Gasteiger partial charge in [-0.2, -0.15) is 61.4 Å². The Labute approximate surface area is 160 Å². The molecule has 1 N–H and O–H groups in total. The molecule has 28 heavy (non-hydrogen) atoms. The van der Waals surface area contributed by atoms with Crippen LogP contribution in [-0.2, 0) is 10.1 Å². The molecule has 0 saturated carbocycles. The minimum atomic E-state index is -7.37. The molecule has 0 unspecified atom stereocenters. The van der Waals surface area contributed by atoms with Crippen LogP contribution in [0.1, 0.15) is 11.1 Å². The van der Waals surface area contributed by atoms with Gasteiger partial charge in [-0.1, -0.05) is 18.2 Å². The van der Waals surface area contributed by atoms with Gasteiger partial charge in [0.25, 0.3) is 0 Å². The molecule has 0 fully saturated rings. The number of benzene rings is 1. The Balaban J connectivity index is 0. The van der Waals surface area contributed by atoms with Crippen LogP contribution in [-0.4, -0.2) is 43.4 Å². The van der Waals surface area contributed by atoms with E-state index in [9.17, 15) is 47.9 Å². The van der Waals surface area contributed by atoms with E-state index in [0.717, 1.165) is 5.75 Å². The zero-order chi connectivity index (χ0) is 22.1. The fraction of sp³-hybridized carbons (Fsp3) is 0.538. The Hall–Kier alpha value is -1.35. The van der Waals surface area contributed by atoms with E-state index in [4.69, 9.17) is 9.29 Å². The molecule has 1 aromatic carbocycles. The van der Waals surface area contributed by atoms with Crippen molar-refractivity contribution in [2.24, 2.45) is 0 Å². The highest BCUT2D eigenvalue weighted by Crippen LogP contribution is 2.54. The van der Waals surface area contributed by atoms with E-state index >= 15 is 0 Å². The van der Waals surface area contributed by atoms with Crippen LogP contribution in [0.25, 0.3) is 0 Å². The third-order valence-electron chi connectivity index (χ3n) is 3.05. The molecule has 0 amide bonds. The lowest BCUT2D eigenvalue weighted by atomic mass is 10.1. The first-order chi connectivity index (χ1) is 11.8. The Kier molecular flexibility index (Phi) is 9.26. The molecule has 1 rings (SSSR count). The zero-order valence-electron chi connectivity index (χ0n) is 14.2. The zero-order valence-corrected chi connectivity index (χ0v) is 16.0. The van der Waals surface area contributed by atoms with Crippen LogP contribution in [0.5, 0.6) is 5.75 Å². The second kappa shape index (κ2) is 8.98. The summed E-state index contributed by atoms with van der Waals surface area (Å²) in [5, 5.41) is -7.00. The summed E-state index contributed by atoms with van der Waals surface area (Å²) in [4.78, 5) is 0. The van der Waals surface area contributed by atoms with E-state index < -0.39 is 33.4 Å². The fourth-order valence-corrected chi connectivity index (χ4v) is 2.10. The Bertz CT molecular complexity index is 742. The van der Waals surface area contributed by atoms with Crippen LogP contribution < -0.4 is 4.74 Å². The molecular weight excluding hydrogens is 455 g/mol. The van der Waals surface area contributed by atoms with Gasteiger partial charge in [0.05, 0.1) is 7.11 Å². The molecule has 0 heterocycles. The van der Waals surface area contributed by atoms with Crippen molar-refractivity contribution in [3.05, 3.63) is 29.3 Å². The molecule has 1 aromatic rings.